The van der Waals surface area contributed by atoms with Crippen LogP contribution in [0.15, 0.2) is 0 Å². The number of nitrogens with zero attached hydrogens (tertiary/aromatic N) is 1. The normalized spacial score (nSPS) is 12.2. The predicted molar refractivity (Wildman–Crippen MR) is 95.4 cm³/mol. The molecule has 0 radical (unpaired) electrons. The fraction of sp³-hybridized carbons (Fsp3) is 0.889. The summed E-state index contributed by atoms with van der Waals surface area (Å²) in [5.74, 6) is 0. The molecule has 25 heavy (non-hydrogen) atoms. The van der Waals surface area contributed by atoms with Crippen LogP contribution in [0.5, 0.6) is 0 Å². The highest BCUT2D eigenvalue weighted by atomic mass is 16.7. The molecular weight excluding hydrogens is 326 g/mol. The minimum absolute atomic E-state index is 0.167. The van der Waals surface area contributed by atoms with E-state index in [0.717, 1.165) is 4.90 Å². The van der Waals surface area contributed by atoms with Crippen LogP contribution >= 0.6 is 0 Å². The second-order valence-corrected chi connectivity index (χ2v) is 7.59. The van der Waals surface area contributed by atoms with Crippen molar-refractivity contribution in [1.29, 1.82) is 0 Å². The van der Waals surface area contributed by atoms with Crippen molar-refractivity contribution < 1.29 is 28.5 Å². The molecule has 0 aliphatic heterocycles. The highest BCUT2D eigenvalue weighted by Crippen LogP contribution is 2.16. The molecule has 0 bridgehead atoms. The monoisotopic (exact) mass is 361 g/mol. The number of rotatable bonds is 8. The van der Waals surface area contributed by atoms with Crippen molar-refractivity contribution >= 4 is 12.2 Å². The fourth-order valence-corrected chi connectivity index (χ4v) is 1.89. The molecule has 0 atom stereocenters. The SMILES string of the molecule is CCOC(CCCN(C(=O)OC(C)(C)C)C(=O)OC(C)(C)C)OCC. The van der Waals surface area contributed by atoms with Crippen LogP contribution in [0.3, 0.4) is 0 Å². The summed E-state index contributed by atoms with van der Waals surface area (Å²) < 4.78 is 21.6. The van der Waals surface area contributed by atoms with Gasteiger partial charge < -0.3 is 18.9 Å². The summed E-state index contributed by atoms with van der Waals surface area (Å²) in [5.41, 5.74) is -1.40. The Bertz CT molecular complexity index is 377. The molecule has 0 aromatic heterocycles. The number of carbonyl (C=O) groups is 2. The second-order valence-electron chi connectivity index (χ2n) is 7.59. The third-order valence-corrected chi connectivity index (χ3v) is 2.75. The molecule has 0 aliphatic carbocycles. The highest BCUT2D eigenvalue weighted by Gasteiger charge is 2.31. The number of ether oxygens (including phenoxy) is 4. The molecule has 7 nitrogen and oxygen atoms in total. The lowest BCUT2D eigenvalue weighted by Crippen LogP contribution is -2.44. The smallest absolute Gasteiger partial charge is 0.419 e. The van der Waals surface area contributed by atoms with Gasteiger partial charge in [-0.05, 0) is 61.8 Å². The maximum absolute atomic E-state index is 12.4. The summed E-state index contributed by atoms with van der Waals surface area (Å²) in [6.07, 6.45) is -0.709. The molecule has 0 unspecified atom stereocenters. The van der Waals surface area contributed by atoms with E-state index in [2.05, 4.69) is 0 Å². The van der Waals surface area contributed by atoms with Crippen LogP contribution in [0, 0.1) is 0 Å². The fourth-order valence-electron chi connectivity index (χ4n) is 1.89. The minimum Gasteiger partial charge on any atom is -0.443 e. The first-order valence-corrected chi connectivity index (χ1v) is 8.86. The van der Waals surface area contributed by atoms with Gasteiger partial charge in [-0.3, -0.25) is 0 Å². The van der Waals surface area contributed by atoms with E-state index in [1.54, 1.807) is 41.5 Å². The highest BCUT2D eigenvalue weighted by molar-refractivity contribution is 5.88. The van der Waals surface area contributed by atoms with Gasteiger partial charge in [0.15, 0.2) is 6.29 Å². The molecule has 7 heteroatoms. The van der Waals surface area contributed by atoms with E-state index in [0.29, 0.717) is 26.1 Å². The van der Waals surface area contributed by atoms with E-state index >= 15 is 0 Å². The van der Waals surface area contributed by atoms with E-state index in [-0.39, 0.29) is 12.8 Å². The first-order valence-electron chi connectivity index (χ1n) is 8.86. The van der Waals surface area contributed by atoms with Crippen molar-refractivity contribution in [2.45, 2.75) is 85.7 Å². The van der Waals surface area contributed by atoms with Crippen molar-refractivity contribution in [3.63, 3.8) is 0 Å². The van der Waals surface area contributed by atoms with Gasteiger partial charge in [0, 0.05) is 26.2 Å². The van der Waals surface area contributed by atoms with Crippen LogP contribution in [0.1, 0.15) is 68.2 Å². The maximum atomic E-state index is 12.4. The average molecular weight is 361 g/mol. The summed E-state index contributed by atoms with van der Waals surface area (Å²) in [4.78, 5) is 25.7. The van der Waals surface area contributed by atoms with Crippen molar-refractivity contribution in [2.24, 2.45) is 0 Å². The molecule has 0 aromatic rings. The molecule has 0 fully saturated rings. The van der Waals surface area contributed by atoms with Crippen molar-refractivity contribution in [2.75, 3.05) is 19.8 Å². The number of imide groups is 1. The van der Waals surface area contributed by atoms with Gasteiger partial charge in [0.2, 0.25) is 0 Å². The lowest BCUT2D eigenvalue weighted by atomic mass is 10.2. The molecule has 0 rings (SSSR count). The standard InChI is InChI=1S/C18H35NO6/c1-9-22-14(23-10-2)12-11-13-19(15(20)24-17(3,4)5)16(21)25-18(6,7)8/h14H,9-13H2,1-8H3. The Labute approximate surface area is 151 Å². The summed E-state index contributed by atoms with van der Waals surface area (Å²) in [7, 11) is 0. The Morgan fingerprint density at radius 2 is 1.24 bits per heavy atom. The first-order chi connectivity index (χ1) is 11.4. The first kappa shape index (κ1) is 23.7. The Morgan fingerprint density at radius 3 is 1.56 bits per heavy atom. The van der Waals surface area contributed by atoms with Gasteiger partial charge in [0.05, 0.1) is 0 Å². The summed E-state index contributed by atoms with van der Waals surface area (Å²) in [5, 5.41) is 0. The molecule has 0 heterocycles. The van der Waals surface area contributed by atoms with Crippen LogP contribution in [0.4, 0.5) is 9.59 Å². The molecule has 0 aliphatic rings. The number of hydrogen-bond acceptors (Lipinski definition) is 6. The molecular formula is C18H35NO6. The van der Waals surface area contributed by atoms with E-state index in [1.807, 2.05) is 13.8 Å². The van der Waals surface area contributed by atoms with E-state index in [1.165, 1.54) is 0 Å². The largest absolute Gasteiger partial charge is 0.443 e. The Hall–Kier alpha value is -1.34. The van der Waals surface area contributed by atoms with Crippen LogP contribution in [0.25, 0.3) is 0 Å². The molecule has 148 valence electrons. The van der Waals surface area contributed by atoms with Gasteiger partial charge in [-0.1, -0.05) is 0 Å². The van der Waals surface area contributed by atoms with Gasteiger partial charge in [-0.25, -0.2) is 14.5 Å². The van der Waals surface area contributed by atoms with Gasteiger partial charge in [0.1, 0.15) is 11.2 Å². The molecule has 0 aromatic carbocycles. The van der Waals surface area contributed by atoms with Crippen molar-refractivity contribution in [1.82, 2.24) is 4.90 Å². The Morgan fingerprint density at radius 1 is 0.840 bits per heavy atom. The third-order valence-electron chi connectivity index (χ3n) is 2.75. The summed E-state index contributed by atoms with van der Waals surface area (Å²) in [6.45, 7) is 15.5. The molecule has 0 spiro atoms. The molecule has 0 saturated carbocycles. The molecule has 0 N–H and O–H groups in total. The van der Waals surface area contributed by atoms with E-state index in [9.17, 15) is 9.59 Å². The lowest BCUT2D eigenvalue weighted by molar-refractivity contribution is -0.140. The number of hydrogen-bond donors (Lipinski definition) is 0. The van der Waals surface area contributed by atoms with Crippen LogP contribution < -0.4 is 0 Å². The van der Waals surface area contributed by atoms with Crippen LogP contribution in [-0.2, 0) is 18.9 Å². The predicted octanol–water partition coefficient (Wildman–Crippen LogP) is 4.34. The Balaban J connectivity index is 4.89. The van der Waals surface area contributed by atoms with Gasteiger partial charge >= 0.3 is 12.2 Å². The quantitative estimate of drug-likeness (QED) is 0.599. The topological polar surface area (TPSA) is 74.3 Å². The van der Waals surface area contributed by atoms with Gasteiger partial charge in [0.25, 0.3) is 0 Å². The molecule has 2 amide bonds. The lowest BCUT2D eigenvalue weighted by Gasteiger charge is -2.29. The second kappa shape index (κ2) is 10.6. The Kier molecular flexibility index (Phi) is 10.0. The minimum atomic E-state index is -0.717. The third kappa shape index (κ3) is 11.8. The average Bonchev–Trinajstić information content (AvgIpc) is 2.39. The van der Waals surface area contributed by atoms with Gasteiger partial charge in [-0.15, -0.1) is 0 Å². The number of amides is 2. The van der Waals surface area contributed by atoms with Gasteiger partial charge in [-0.2, -0.15) is 0 Å². The van der Waals surface area contributed by atoms with Crippen molar-refractivity contribution in [3.05, 3.63) is 0 Å². The van der Waals surface area contributed by atoms with Crippen LogP contribution in [-0.4, -0.2) is 54.3 Å². The summed E-state index contributed by atoms with van der Waals surface area (Å²) in [6, 6.07) is 0. The van der Waals surface area contributed by atoms with E-state index < -0.39 is 23.4 Å². The molecule has 0 saturated heterocycles. The maximum Gasteiger partial charge on any atom is 0.419 e. The zero-order valence-electron chi connectivity index (χ0n) is 17.0. The number of carbonyl (C=O) groups excluding carboxylic acids is 2. The summed E-state index contributed by atoms with van der Waals surface area (Å²) >= 11 is 0. The zero-order valence-corrected chi connectivity index (χ0v) is 17.0. The van der Waals surface area contributed by atoms with Crippen molar-refractivity contribution in [3.8, 4) is 0 Å². The van der Waals surface area contributed by atoms with E-state index in [4.69, 9.17) is 18.9 Å². The van der Waals surface area contributed by atoms with Crippen LogP contribution in [0.2, 0.25) is 0 Å². The zero-order chi connectivity index (χ0) is 19.7.